The molecule has 1 unspecified atom stereocenters. The summed E-state index contributed by atoms with van der Waals surface area (Å²) in [4.78, 5) is 5.50. The highest BCUT2D eigenvalue weighted by Crippen LogP contribution is 2.29. The minimum atomic E-state index is -0.633. The van der Waals surface area contributed by atoms with Gasteiger partial charge in [-0.1, -0.05) is 46.4 Å². The standard InChI is InChI=1S/C11H15N3.C9H15N3S2/c1-4-8-5-6-9-7-14(3)13-11(9)10(8)12-2;1-5-12-14(10)8-11-6-7(13-8)9(2,3)4/h5-7,12H,4H2,1-3H3;5-6H,1H2,2-4H3,(H2,10,12). The normalized spacial score (nSPS) is 12.5. The molecule has 0 fully saturated rings. The molecule has 3 rings (SSSR count). The topological polar surface area (TPSA) is 81.1 Å². The second-order valence-electron chi connectivity index (χ2n) is 7.29. The van der Waals surface area contributed by atoms with E-state index in [0.29, 0.717) is 0 Å². The lowest BCUT2D eigenvalue weighted by Gasteiger charge is -2.14. The molecular formula is C20H30N6S2. The summed E-state index contributed by atoms with van der Waals surface area (Å²) < 4.78 is 6.73. The Labute approximate surface area is 174 Å². The Kier molecular flexibility index (Phi) is 7.51. The molecule has 2 heterocycles. The zero-order chi connectivity index (χ0) is 20.9. The molecule has 0 bridgehead atoms. The fraction of sp³-hybridized carbons (Fsp3) is 0.400. The third kappa shape index (κ3) is 5.27. The lowest BCUT2D eigenvalue weighted by molar-refractivity contribution is 0.602. The van der Waals surface area contributed by atoms with Crippen molar-refractivity contribution in [2.75, 3.05) is 12.4 Å². The van der Waals surface area contributed by atoms with Crippen molar-refractivity contribution in [1.82, 2.24) is 14.8 Å². The third-order valence-electron chi connectivity index (χ3n) is 4.10. The highest BCUT2D eigenvalue weighted by molar-refractivity contribution is 7.87. The second kappa shape index (κ2) is 9.45. The summed E-state index contributed by atoms with van der Waals surface area (Å²) in [6.07, 6.45) is 6.42. The number of aryl methyl sites for hydroxylation is 2. The number of fused-ring (bicyclic) bond motifs is 1. The fourth-order valence-electron chi connectivity index (χ4n) is 2.65. The van der Waals surface area contributed by atoms with E-state index in [2.05, 4.69) is 66.2 Å². The average Bonchev–Trinajstić information content (AvgIpc) is 3.27. The van der Waals surface area contributed by atoms with Gasteiger partial charge in [-0.2, -0.15) is 5.10 Å². The second-order valence-corrected chi connectivity index (χ2v) is 9.80. The predicted molar refractivity (Wildman–Crippen MR) is 123 cm³/mol. The van der Waals surface area contributed by atoms with Gasteiger partial charge in [0.15, 0.2) is 4.34 Å². The Morgan fingerprint density at radius 3 is 2.64 bits per heavy atom. The molecule has 28 heavy (non-hydrogen) atoms. The predicted octanol–water partition coefficient (Wildman–Crippen LogP) is 4.80. The van der Waals surface area contributed by atoms with Gasteiger partial charge in [-0.25, -0.2) is 9.35 Å². The highest BCUT2D eigenvalue weighted by atomic mass is 32.2. The van der Waals surface area contributed by atoms with E-state index in [1.165, 1.54) is 22.0 Å². The zero-order valence-corrected chi connectivity index (χ0v) is 19.1. The summed E-state index contributed by atoms with van der Waals surface area (Å²) in [5.41, 5.74) is 3.67. The van der Waals surface area contributed by atoms with Crippen LogP contribution in [0.2, 0.25) is 0 Å². The monoisotopic (exact) mass is 418 g/mol. The summed E-state index contributed by atoms with van der Waals surface area (Å²) >= 11 is 1.62. The molecular weight excluding hydrogens is 388 g/mol. The number of thiazole rings is 1. The Hall–Kier alpha value is -2.03. The molecule has 3 N–H and O–H groups in total. The molecule has 0 amide bonds. The van der Waals surface area contributed by atoms with Gasteiger partial charge < -0.3 is 5.32 Å². The summed E-state index contributed by atoms with van der Waals surface area (Å²) in [5.74, 6) is 0. The van der Waals surface area contributed by atoms with Gasteiger partial charge in [-0.15, -0.1) is 11.3 Å². The van der Waals surface area contributed by atoms with Crippen molar-refractivity contribution in [1.29, 1.82) is 0 Å². The van der Waals surface area contributed by atoms with E-state index >= 15 is 0 Å². The van der Waals surface area contributed by atoms with E-state index in [1.807, 2.05) is 31.2 Å². The minimum absolute atomic E-state index is 0.133. The smallest absolute Gasteiger partial charge is 0.175 e. The number of nitrogens with zero attached hydrogens (tertiary/aromatic N) is 4. The van der Waals surface area contributed by atoms with Crippen molar-refractivity contribution in [3.63, 3.8) is 0 Å². The van der Waals surface area contributed by atoms with Gasteiger partial charge in [0.25, 0.3) is 0 Å². The number of nitrogens with one attached hydrogen (secondary N) is 1. The maximum atomic E-state index is 5.80. The molecule has 3 aromatic rings. The van der Waals surface area contributed by atoms with E-state index < -0.39 is 10.9 Å². The zero-order valence-electron chi connectivity index (χ0n) is 17.5. The van der Waals surface area contributed by atoms with Crippen molar-refractivity contribution in [2.45, 2.75) is 43.9 Å². The Morgan fingerprint density at radius 2 is 2.11 bits per heavy atom. The Morgan fingerprint density at radius 1 is 1.39 bits per heavy atom. The quantitative estimate of drug-likeness (QED) is 0.638. The molecule has 0 spiro atoms. The molecule has 0 aliphatic heterocycles. The van der Waals surface area contributed by atoms with Crippen LogP contribution in [0.25, 0.3) is 10.9 Å². The number of anilines is 1. The molecule has 8 heteroatoms. The molecule has 0 saturated carbocycles. The van der Waals surface area contributed by atoms with Crippen molar-refractivity contribution in [3.8, 4) is 0 Å². The average molecular weight is 419 g/mol. The molecule has 0 radical (unpaired) electrons. The summed E-state index contributed by atoms with van der Waals surface area (Å²) in [6, 6.07) is 4.29. The molecule has 152 valence electrons. The van der Waals surface area contributed by atoms with E-state index in [9.17, 15) is 0 Å². The lowest BCUT2D eigenvalue weighted by Crippen LogP contribution is -2.08. The third-order valence-corrected chi connectivity index (χ3v) is 6.92. The van der Waals surface area contributed by atoms with Crippen molar-refractivity contribution < 1.29 is 0 Å². The molecule has 0 aliphatic carbocycles. The van der Waals surface area contributed by atoms with Crippen molar-refractivity contribution in [3.05, 3.63) is 47.7 Å². The van der Waals surface area contributed by atoms with E-state index in [4.69, 9.17) is 5.14 Å². The van der Waals surface area contributed by atoms with Crippen LogP contribution in [0, 0.1) is 0 Å². The first-order chi connectivity index (χ1) is 13.2. The van der Waals surface area contributed by atoms with Crippen LogP contribution in [0.1, 0.15) is 38.1 Å². The van der Waals surface area contributed by atoms with Crippen LogP contribution in [0.5, 0.6) is 0 Å². The first-order valence-corrected chi connectivity index (χ1v) is 11.2. The number of benzene rings is 1. The van der Waals surface area contributed by atoms with Crippen molar-refractivity contribution >= 4 is 38.8 Å². The summed E-state index contributed by atoms with van der Waals surface area (Å²) in [5, 5.41) is 14.7. The van der Waals surface area contributed by atoms with Crippen LogP contribution in [0.3, 0.4) is 0 Å². The van der Waals surface area contributed by atoms with E-state index in [0.717, 1.165) is 22.0 Å². The van der Waals surface area contributed by atoms with Crippen molar-refractivity contribution in [2.24, 2.45) is 16.5 Å². The van der Waals surface area contributed by atoms with Gasteiger partial charge in [-0.3, -0.25) is 9.82 Å². The number of rotatable bonds is 4. The number of aromatic nitrogens is 3. The fourth-order valence-corrected chi connectivity index (χ4v) is 4.51. The van der Waals surface area contributed by atoms with Crippen LogP contribution >= 0.6 is 11.3 Å². The van der Waals surface area contributed by atoms with Crippen LogP contribution in [-0.2, 0) is 29.8 Å². The van der Waals surface area contributed by atoms with E-state index in [1.54, 1.807) is 11.3 Å². The Balaban J connectivity index is 0.000000200. The molecule has 0 saturated heterocycles. The van der Waals surface area contributed by atoms with Gasteiger partial charge in [0.1, 0.15) is 5.52 Å². The van der Waals surface area contributed by atoms with Gasteiger partial charge in [0, 0.05) is 53.8 Å². The van der Waals surface area contributed by atoms with Crippen LogP contribution in [0.4, 0.5) is 5.69 Å². The SMILES string of the molecule is C=CN=S(N)c1ncc(C(C)(C)C)s1.CCc1ccc2cn(C)nc2c1NC. The molecule has 1 atom stereocenters. The minimum Gasteiger partial charge on any atom is -0.386 e. The van der Waals surface area contributed by atoms with E-state index in [-0.39, 0.29) is 5.41 Å². The number of hydrogen-bond acceptors (Lipinski definition) is 5. The molecule has 1 aromatic carbocycles. The maximum Gasteiger partial charge on any atom is 0.175 e. The molecule has 6 nitrogen and oxygen atoms in total. The maximum absolute atomic E-state index is 5.80. The van der Waals surface area contributed by atoms with Crippen LogP contribution in [0.15, 0.2) is 46.0 Å². The number of hydrogen-bond donors (Lipinski definition) is 2. The van der Waals surface area contributed by atoms with Gasteiger partial charge >= 0.3 is 0 Å². The van der Waals surface area contributed by atoms with Gasteiger partial charge in [0.05, 0.1) is 5.69 Å². The first-order valence-electron chi connectivity index (χ1n) is 9.11. The van der Waals surface area contributed by atoms with Gasteiger partial charge in [-0.05, 0) is 17.4 Å². The first kappa shape index (κ1) is 22.3. The Bertz CT molecular complexity index is 978. The van der Waals surface area contributed by atoms with Crippen LogP contribution in [-0.4, -0.2) is 21.8 Å². The number of nitrogens with two attached hydrogens (primary N) is 1. The summed E-state index contributed by atoms with van der Waals surface area (Å²) in [6.45, 7) is 12.1. The summed E-state index contributed by atoms with van der Waals surface area (Å²) in [7, 11) is 3.26. The van der Waals surface area contributed by atoms with Gasteiger partial charge in [0.2, 0.25) is 0 Å². The molecule has 0 aliphatic rings. The van der Waals surface area contributed by atoms with Crippen LogP contribution < -0.4 is 10.5 Å². The molecule has 2 aromatic heterocycles. The largest absolute Gasteiger partial charge is 0.386 e. The highest BCUT2D eigenvalue weighted by Gasteiger charge is 2.17. The lowest BCUT2D eigenvalue weighted by atomic mass is 9.96.